The Hall–Kier alpha value is -1.16. The van der Waals surface area contributed by atoms with Crippen molar-refractivity contribution in [2.75, 3.05) is 11.9 Å². The lowest BCUT2D eigenvalue weighted by Crippen LogP contribution is -2.14. The zero-order valence-corrected chi connectivity index (χ0v) is 12.0. The molecule has 2 aromatic heterocycles. The number of nitrogens with zero attached hydrogens (tertiary/aromatic N) is 2. The molecule has 1 atom stereocenters. The second kappa shape index (κ2) is 6.69. The number of thiophene rings is 1. The molecule has 2 heterocycles. The molecule has 3 nitrogen and oxygen atoms in total. The molecule has 0 saturated heterocycles. The van der Waals surface area contributed by atoms with Crippen molar-refractivity contribution in [3.05, 3.63) is 17.8 Å². The van der Waals surface area contributed by atoms with Gasteiger partial charge in [-0.25, -0.2) is 9.97 Å². The Morgan fingerprint density at radius 2 is 2.22 bits per heavy atom. The molecule has 18 heavy (non-hydrogen) atoms. The molecule has 0 fully saturated rings. The standard InChI is InChI=1S/C14H21N3S/c1-3-5-6-11(4-2)9-15-13-12-7-8-18-14(12)17-10-16-13/h7-8,10-11H,3-6,9H2,1-2H3,(H,15,16,17)/t11-/m0/s1. The van der Waals surface area contributed by atoms with Crippen LogP contribution in [0.5, 0.6) is 0 Å². The second-order valence-corrected chi connectivity index (χ2v) is 5.55. The molecular formula is C14H21N3S. The van der Waals surface area contributed by atoms with Crippen molar-refractivity contribution >= 4 is 27.4 Å². The van der Waals surface area contributed by atoms with E-state index in [0.717, 1.165) is 28.5 Å². The lowest BCUT2D eigenvalue weighted by molar-refractivity contribution is 0.472. The van der Waals surface area contributed by atoms with E-state index in [9.17, 15) is 0 Å². The zero-order valence-electron chi connectivity index (χ0n) is 11.1. The normalized spacial score (nSPS) is 12.8. The highest BCUT2D eigenvalue weighted by Gasteiger charge is 2.08. The third kappa shape index (κ3) is 3.19. The number of hydrogen-bond donors (Lipinski definition) is 1. The van der Waals surface area contributed by atoms with Crippen LogP contribution in [0.15, 0.2) is 17.8 Å². The van der Waals surface area contributed by atoms with Crippen LogP contribution in [-0.4, -0.2) is 16.5 Å². The number of anilines is 1. The molecule has 0 aliphatic carbocycles. The number of aromatic nitrogens is 2. The predicted molar refractivity (Wildman–Crippen MR) is 79.2 cm³/mol. The molecule has 0 bridgehead atoms. The Bertz CT molecular complexity index is 481. The van der Waals surface area contributed by atoms with Gasteiger partial charge in [-0.1, -0.05) is 33.1 Å². The summed E-state index contributed by atoms with van der Waals surface area (Å²) in [5.41, 5.74) is 0. The van der Waals surface area contributed by atoms with Gasteiger partial charge in [0.2, 0.25) is 0 Å². The van der Waals surface area contributed by atoms with Gasteiger partial charge in [-0.2, -0.15) is 0 Å². The van der Waals surface area contributed by atoms with Crippen molar-refractivity contribution in [3.8, 4) is 0 Å². The summed E-state index contributed by atoms with van der Waals surface area (Å²) >= 11 is 1.66. The average Bonchev–Trinajstić information content (AvgIpc) is 2.88. The summed E-state index contributed by atoms with van der Waals surface area (Å²) in [5.74, 6) is 1.73. The van der Waals surface area contributed by atoms with Crippen LogP contribution in [0.1, 0.15) is 39.5 Å². The van der Waals surface area contributed by atoms with Crippen LogP contribution >= 0.6 is 11.3 Å². The van der Waals surface area contributed by atoms with Gasteiger partial charge in [0.05, 0.1) is 5.39 Å². The number of nitrogens with one attached hydrogen (secondary N) is 1. The second-order valence-electron chi connectivity index (χ2n) is 4.66. The summed E-state index contributed by atoms with van der Waals surface area (Å²) in [4.78, 5) is 9.68. The fraction of sp³-hybridized carbons (Fsp3) is 0.571. The first kappa shape index (κ1) is 13.3. The minimum Gasteiger partial charge on any atom is -0.369 e. The molecule has 0 aromatic carbocycles. The van der Waals surface area contributed by atoms with Crippen LogP contribution in [0.3, 0.4) is 0 Å². The van der Waals surface area contributed by atoms with E-state index >= 15 is 0 Å². The highest BCUT2D eigenvalue weighted by Crippen LogP contribution is 2.24. The van der Waals surface area contributed by atoms with Gasteiger partial charge in [-0.3, -0.25) is 0 Å². The Kier molecular flexibility index (Phi) is 4.93. The van der Waals surface area contributed by atoms with Crippen LogP contribution in [-0.2, 0) is 0 Å². The Morgan fingerprint density at radius 3 is 3.00 bits per heavy atom. The van der Waals surface area contributed by atoms with Crippen molar-refractivity contribution in [1.29, 1.82) is 0 Å². The lowest BCUT2D eigenvalue weighted by Gasteiger charge is -2.15. The number of fused-ring (bicyclic) bond motifs is 1. The summed E-state index contributed by atoms with van der Waals surface area (Å²) in [5, 5.41) is 6.70. The first-order valence-corrected chi connectivity index (χ1v) is 7.65. The minimum absolute atomic E-state index is 0.744. The van der Waals surface area contributed by atoms with Crippen LogP contribution in [0.25, 0.3) is 10.2 Å². The van der Waals surface area contributed by atoms with E-state index in [1.165, 1.54) is 25.7 Å². The predicted octanol–water partition coefficient (Wildman–Crippen LogP) is 4.32. The Labute approximate surface area is 113 Å². The SMILES string of the molecule is CCCC[C@H](CC)CNc1ncnc2sccc12. The largest absolute Gasteiger partial charge is 0.369 e. The van der Waals surface area contributed by atoms with Gasteiger partial charge in [-0.05, 0) is 23.8 Å². The van der Waals surface area contributed by atoms with Gasteiger partial charge < -0.3 is 5.32 Å². The molecule has 0 spiro atoms. The maximum Gasteiger partial charge on any atom is 0.138 e. The quantitative estimate of drug-likeness (QED) is 0.808. The van der Waals surface area contributed by atoms with Crippen molar-refractivity contribution in [1.82, 2.24) is 9.97 Å². The molecule has 0 saturated carbocycles. The summed E-state index contributed by atoms with van der Waals surface area (Å²) in [6, 6.07) is 2.09. The molecule has 4 heteroatoms. The summed E-state index contributed by atoms with van der Waals surface area (Å²) in [6.07, 6.45) is 6.77. The highest BCUT2D eigenvalue weighted by molar-refractivity contribution is 7.16. The molecule has 2 rings (SSSR count). The van der Waals surface area contributed by atoms with Crippen LogP contribution in [0.2, 0.25) is 0 Å². The summed E-state index contributed by atoms with van der Waals surface area (Å²) < 4.78 is 0. The molecule has 0 unspecified atom stereocenters. The van der Waals surface area contributed by atoms with Crippen LogP contribution in [0.4, 0.5) is 5.82 Å². The van der Waals surface area contributed by atoms with Crippen molar-refractivity contribution in [3.63, 3.8) is 0 Å². The molecule has 0 radical (unpaired) electrons. The van der Waals surface area contributed by atoms with Gasteiger partial charge in [0.25, 0.3) is 0 Å². The van der Waals surface area contributed by atoms with Gasteiger partial charge in [-0.15, -0.1) is 11.3 Å². The fourth-order valence-corrected chi connectivity index (χ4v) is 2.85. The maximum atomic E-state index is 4.35. The van der Waals surface area contributed by atoms with Gasteiger partial charge >= 0.3 is 0 Å². The van der Waals surface area contributed by atoms with Crippen molar-refractivity contribution < 1.29 is 0 Å². The Balaban J connectivity index is 1.98. The highest BCUT2D eigenvalue weighted by atomic mass is 32.1. The fourth-order valence-electron chi connectivity index (χ4n) is 2.12. The van der Waals surface area contributed by atoms with Crippen molar-refractivity contribution in [2.24, 2.45) is 5.92 Å². The van der Waals surface area contributed by atoms with Crippen molar-refractivity contribution in [2.45, 2.75) is 39.5 Å². The van der Waals surface area contributed by atoms with Gasteiger partial charge in [0.15, 0.2) is 0 Å². The first-order chi connectivity index (χ1) is 8.85. The van der Waals surface area contributed by atoms with Gasteiger partial charge in [0, 0.05) is 6.54 Å². The van der Waals surface area contributed by atoms with E-state index in [4.69, 9.17) is 0 Å². The molecular weight excluding hydrogens is 242 g/mol. The summed E-state index contributed by atoms with van der Waals surface area (Å²) in [6.45, 7) is 5.53. The summed E-state index contributed by atoms with van der Waals surface area (Å²) in [7, 11) is 0. The van der Waals surface area contributed by atoms with Crippen LogP contribution in [0, 0.1) is 5.92 Å². The molecule has 0 aliphatic heterocycles. The molecule has 1 N–H and O–H groups in total. The number of rotatable bonds is 7. The van der Waals surface area contributed by atoms with E-state index in [0.29, 0.717) is 0 Å². The molecule has 2 aromatic rings. The number of unbranched alkanes of at least 4 members (excludes halogenated alkanes) is 1. The average molecular weight is 263 g/mol. The number of hydrogen-bond acceptors (Lipinski definition) is 4. The molecule has 0 aliphatic rings. The zero-order chi connectivity index (χ0) is 12.8. The lowest BCUT2D eigenvalue weighted by atomic mass is 9.99. The monoisotopic (exact) mass is 263 g/mol. The third-order valence-electron chi connectivity index (χ3n) is 3.36. The van der Waals surface area contributed by atoms with E-state index in [2.05, 4.69) is 40.6 Å². The topological polar surface area (TPSA) is 37.8 Å². The Morgan fingerprint density at radius 1 is 1.33 bits per heavy atom. The maximum absolute atomic E-state index is 4.35. The van der Waals surface area contributed by atoms with Gasteiger partial charge in [0.1, 0.15) is 17.0 Å². The molecule has 0 amide bonds. The first-order valence-electron chi connectivity index (χ1n) is 6.77. The molecule has 98 valence electrons. The van der Waals surface area contributed by atoms with E-state index in [1.807, 2.05) is 0 Å². The van der Waals surface area contributed by atoms with E-state index in [-0.39, 0.29) is 0 Å². The minimum atomic E-state index is 0.744. The van der Waals surface area contributed by atoms with Crippen LogP contribution < -0.4 is 5.32 Å². The van der Waals surface area contributed by atoms with E-state index in [1.54, 1.807) is 17.7 Å². The smallest absolute Gasteiger partial charge is 0.138 e. The third-order valence-corrected chi connectivity index (χ3v) is 4.18. The van der Waals surface area contributed by atoms with E-state index < -0.39 is 0 Å².